The van der Waals surface area contributed by atoms with Crippen LogP contribution in [-0.2, 0) is 0 Å². The van der Waals surface area contributed by atoms with Gasteiger partial charge in [0.25, 0.3) is 0 Å². The fourth-order valence-corrected chi connectivity index (χ4v) is 1.15. The largest absolute Gasteiger partial charge is 0.336 e. The predicted molar refractivity (Wildman–Crippen MR) is 44.1 cm³/mol. The van der Waals surface area contributed by atoms with Crippen LogP contribution in [0.15, 0.2) is 17.8 Å². The average Bonchev–Trinajstić information content (AvgIpc) is 2.36. The molecular formula is C8H14N2. The van der Waals surface area contributed by atoms with Gasteiger partial charge in [-0.3, -0.25) is 4.99 Å². The Hall–Kier alpha value is -0.790. The molecule has 0 aliphatic carbocycles. The van der Waals surface area contributed by atoms with Crippen molar-refractivity contribution in [2.75, 3.05) is 13.1 Å². The molecule has 0 spiro atoms. The van der Waals surface area contributed by atoms with E-state index < -0.39 is 0 Å². The summed E-state index contributed by atoms with van der Waals surface area (Å²) in [6.07, 6.45) is 4.12. The van der Waals surface area contributed by atoms with Crippen molar-refractivity contribution in [3.05, 3.63) is 12.8 Å². The maximum Gasteiger partial charge on any atom is 0.103 e. The molecule has 0 saturated carbocycles. The van der Waals surface area contributed by atoms with Crippen LogP contribution in [0.25, 0.3) is 0 Å². The Morgan fingerprint density at radius 3 is 3.20 bits per heavy atom. The topological polar surface area (TPSA) is 15.6 Å². The molecule has 0 radical (unpaired) electrons. The van der Waals surface area contributed by atoms with Crippen molar-refractivity contribution in [2.24, 2.45) is 4.99 Å². The molecule has 0 unspecified atom stereocenters. The van der Waals surface area contributed by atoms with E-state index in [2.05, 4.69) is 23.4 Å². The minimum Gasteiger partial charge on any atom is -0.336 e. The standard InChI is InChI=1S/C8H14N2/c1-3-5-8-9-6-7-10(8)4-2/h4H,2-3,5-7H2,1H3. The fourth-order valence-electron chi connectivity index (χ4n) is 1.15. The first kappa shape index (κ1) is 7.32. The van der Waals surface area contributed by atoms with Crippen molar-refractivity contribution in [2.45, 2.75) is 19.8 Å². The Kier molecular flexibility index (Phi) is 2.49. The van der Waals surface area contributed by atoms with Gasteiger partial charge in [0.15, 0.2) is 0 Å². The molecule has 0 aromatic heterocycles. The molecule has 2 nitrogen and oxygen atoms in total. The highest BCUT2D eigenvalue weighted by Gasteiger charge is 2.11. The number of hydrogen-bond acceptors (Lipinski definition) is 2. The lowest BCUT2D eigenvalue weighted by molar-refractivity contribution is 0.598. The summed E-state index contributed by atoms with van der Waals surface area (Å²) in [5.74, 6) is 1.21. The minimum atomic E-state index is 0.946. The zero-order chi connectivity index (χ0) is 7.40. The van der Waals surface area contributed by atoms with Crippen LogP contribution < -0.4 is 0 Å². The third-order valence-electron chi connectivity index (χ3n) is 1.66. The lowest BCUT2D eigenvalue weighted by atomic mass is 10.3. The van der Waals surface area contributed by atoms with E-state index in [0.29, 0.717) is 0 Å². The van der Waals surface area contributed by atoms with E-state index >= 15 is 0 Å². The maximum atomic E-state index is 4.35. The molecule has 1 rings (SSSR count). The van der Waals surface area contributed by atoms with Gasteiger partial charge in [-0.2, -0.15) is 0 Å². The van der Waals surface area contributed by atoms with E-state index in [1.807, 2.05) is 6.20 Å². The monoisotopic (exact) mass is 138 g/mol. The van der Waals surface area contributed by atoms with Crippen molar-refractivity contribution < 1.29 is 0 Å². The molecule has 0 aromatic rings. The highest BCUT2D eigenvalue weighted by atomic mass is 15.2. The van der Waals surface area contributed by atoms with E-state index in [1.165, 1.54) is 12.3 Å². The van der Waals surface area contributed by atoms with Crippen LogP contribution in [0.1, 0.15) is 19.8 Å². The molecule has 0 fully saturated rings. The normalized spacial score (nSPS) is 17.3. The van der Waals surface area contributed by atoms with E-state index in [9.17, 15) is 0 Å². The van der Waals surface area contributed by atoms with Crippen LogP contribution in [0.3, 0.4) is 0 Å². The summed E-state index contributed by atoms with van der Waals surface area (Å²) in [5, 5.41) is 0. The maximum absolute atomic E-state index is 4.35. The van der Waals surface area contributed by atoms with Gasteiger partial charge in [0.1, 0.15) is 5.84 Å². The average molecular weight is 138 g/mol. The van der Waals surface area contributed by atoms with E-state index in [1.54, 1.807) is 0 Å². The highest BCUT2D eigenvalue weighted by molar-refractivity contribution is 5.84. The number of amidine groups is 1. The summed E-state index contributed by atoms with van der Waals surface area (Å²) in [7, 11) is 0. The van der Waals surface area contributed by atoms with Gasteiger partial charge in [-0.1, -0.05) is 13.5 Å². The molecule has 1 aliphatic rings. The number of rotatable bonds is 3. The molecule has 0 N–H and O–H groups in total. The van der Waals surface area contributed by atoms with Gasteiger partial charge >= 0.3 is 0 Å². The van der Waals surface area contributed by atoms with Crippen molar-refractivity contribution in [1.29, 1.82) is 0 Å². The van der Waals surface area contributed by atoms with Gasteiger partial charge in [0.2, 0.25) is 0 Å². The number of hydrogen-bond donors (Lipinski definition) is 0. The van der Waals surface area contributed by atoms with Crippen LogP contribution >= 0.6 is 0 Å². The second-order valence-electron chi connectivity index (χ2n) is 2.42. The lowest BCUT2D eigenvalue weighted by Crippen LogP contribution is -2.20. The predicted octanol–water partition coefficient (Wildman–Crippen LogP) is 1.64. The molecule has 0 atom stereocenters. The summed E-state index contributed by atoms with van der Waals surface area (Å²) in [5.41, 5.74) is 0. The summed E-state index contributed by atoms with van der Waals surface area (Å²) < 4.78 is 0. The SMILES string of the molecule is C=CN1CCN=C1CCC. The van der Waals surface area contributed by atoms with Crippen LogP contribution in [0.5, 0.6) is 0 Å². The smallest absolute Gasteiger partial charge is 0.103 e. The molecule has 1 heterocycles. The number of nitrogens with zero attached hydrogens (tertiary/aromatic N) is 2. The Bertz CT molecular complexity index is 149. The Morgan fingerprint density at radius 2 is 2.60 bits per heavy atom. The van der Waals surface area contributed by atoms with Crippen LogP contribution in [0, 0.1) is 0 Å². The first-order valence-corrected chi connectivity index (χ1v) is 3.81. The quantitative estimate of drug-likeness (QED) is 0.579. The van der Waals surface area contributed by atoms with Gasteiger partial charge in [-0.15, -0.1) is 0 Å². The number of aliphatic imine (C=N–C) groups is 1. The van der Waals surface area contributed by atoms with Gasteiger partial charge in [-0.25, -0.2) is 0 Å². The second kappa shape index (κ2) is 3.40. The first-order valence-electron chi connectivity index (χ1n) is 3.81. The van der Waals surface area contributed by atoms with Gasteiger partial charge < -0.3 is 4.90 Å². The molecule has 0 aromatic carbocycles. The van der Waals surface area contributed by atoms with Gasteiger partial charge in [0.05, 0.1) is 6.54 Å². The third-order valence-corrected chi connectivity index (χ3v) is 1.66. The molecule has 2 heteroatoms. The van der Waals surface area contributed by atoms with E-state index in [0.717, 1.165) is 19.5 Å². The Labute approximate surface area is 62.3 Å². The molecule has 0 saturated heterocycles. The molecule has 56 valence electrons. The molecular weight excluding hydrogens is 124 g/mol. The fraction of sp³-hybridized carbons (Fsp3) is 0.625. The summed E-state index contributed by atoms with van der Waals surface area (Å²) in [6.45, 7) is 7.86. The van der Waals surface area contributed by atoms with E-state index in [-0.39, 0.29) is 0 Å². The van der Waals surface area contributed by atoms with E-state index in [4.69, 9.17) is 0 Å². The van der Waals surface area contributed by atoms with Crippen LogP contribution in [-0.4, -0.2) is 23.8 Å². The lowest BCUT2D eigenvalue weighted by Gasteiger charge is -2.13. The molecule has 0 bridgehead atoms. The van der Waals surface area contributed by atoms with Crippen molar-refractivity contribution in [3.63, 3.8) is 0 Å². The Balaban J connectivity index is 2.47. The minimum absolute atomic E-state index is 0.946. The zero-order valence-electron chi connectivity index (χ0n) is 6.51. The van der Waals surface area contributed by atoms with Crippen LogP contribution in [0.4, 0.5) is 0 Å². The van der Waals surface area contributed by atoms with Crippen molar-refractivity contribution in [1.82, 2.24) is 4.90 Å². The van der Waals surface area contributed by atoms with Crippen molar-refractivity contribution in [3.8, 4) is 0 Å². The van der Waals surface area contributed by atoms with Crippen LogP contribution in [0.2, 0.25) is 0 Å². The third kappa shape index (κ3) is 1.38. The van der Waals surface area contributed by atoms with Crippen molar-refractivity contribution >= 4 is 5.84 Å². The molecule has 1 aliphatic heterocycles. The summed E-state index contributed by atoms with van der Waals surface area (Å²) in [6, 6.07) is 0. The zero-order valence-corrected chi connectivity index (χ0v) is 6.51. The van der Waals surface area contributed by atoms with Gasteiger partial charge in [0, 0.05) is 13.0 Å². The Morgan fingerprint density at radius 1 is 1.80 bits per heavy atom. The second-order valence-corrected chi connectivity index (χ2v) is 2.42. The summed E-state index contributed by atoms with van der Waals surface area (Å²) in [4.78, 5) is 6.48. The molecule has 10 heavy (non-hydrogen) atoms. The first-order chi connectivity index (χ1) is 4.88. The highest BCUT2D eigenvalue weighted by Crippen LogP contribution is 2.06. The van der Waals surface area contributed by atoms with Gasteiger partial charge in [-0.05, 0) is 12.6 Å². The summed E-state index contributed by atoms with van der Waals surface area (Å²) >= 11 is 0. The molecule has 0 amide bonds.